The summed E-state index contributed by atoms with van der Waals surface area (Å²) in [6.07, 6.45) is 0. The molecule has 3 aromatic rings. The normalized spacial score (nSPS) is 10.4. The molecule has 29 heavy (non-hydrogen) atoms. The highest BCUT2D eigenvalue weighted by Gasteiger charge is 2.13. The van der Waals surface area contributed by atoms with E-state index < -0.39 is 11.9 Å². The van der Waals surface area contributed by atoms with Crippen molar-refractivity contribution in [3.8, 4) is 16.3 Å². The van der Waals surface area contributed by atoms with Gasteiger partial charge in [-0.3, -0.25) is 9.59 Å². The van der Waals surface area contributed by atoms with Gasteiger partial charge in [0.2, 0.25) is 0 Å². The Balaban J connectivity index is 1.51. The molecule has 0 aliphatic heterocycles. The Bertz CT molecular complexity index is 1040. The van der Waals surface area contributed by atoms with E-state index in [1.807, 2.05) is 29.6 Å². The van der Waals surface area contributed by atoms with Gasteiger partial charge in [0.15, 0.2) is 0 Å². The van der Waals surface area contributed by atoms with Crippen LogP contribution in [0.4, 0.5) is 0 Å². The lowest BCUT2D eigenvalue weighted by atomic mass is 10.2. The van der Waals surface area contributed by atoms with Crippen LogP contribution in [0, 0.1) is 0 Å². The third-order valence-corrected chi connectivity index (χ3v) is 5.31. The van der Waals surface area contributed by atoms with Crippen LogP contribution in [-0.2, 0) is 16.1 Å². The van der Waals surface area contributed by atoms with Gasteiger partial charge in [-0.15, -0.1) is 11.3 Å². The summed E-state index contributed by atoms with van der Waals surface area (Å²) >= 11 is 13.2. The van der Waals surface area contributed by atoms with Gasteiger partial charge in [-0.2, -0.15) is 0 Å². The minimum Gasteiger partial charge on any atom is -0.497 e. The molecule has 1 aromatic heterocycles. The molecule has 2 aromatic carbocycles. The molecule has 0 atom stereocenters. The molecule has 0 aliphatic rings. The summed E-state index contributed by atoms with van der Waals surface area (Å²) in [5, 5.41) is 5.70. The first kappa shape index (κ1) is 21.1. The molecule has 6 nitrogen and oxygen atoms in total. The smallest absolute Gasteiger partial charge is 0.325 e. The first-order valence-electron chi connectivity index (χ1n) is 8.44. The maximum atomic E-state index is 12.1. The van der Waals surface area contributed by atoms with Crippen LogP contribution >= 0.6 is 34.5 Å². The molecule has 3 rings (SSSR count). The topological polar surface area (TPSA) is 77.5 Å². The number of rotatable bonds is 7. The quantitative estimate of drug-likeness (QED) is 0.532. The molecule has 1 N–H and O–H groups in total. The number of aromatic nitrogens is 1. The van der Waals surface area contributed by atoms with Gasteiger partial charge in [0, 0.05) is 16.0 Å². The molecule has 0 saturated carbocycles. The average Bonchev–Trinajstić information content (AvgIpc) is 3.19. The van der Waals surface area contributed by atoms with Gasteiger partial charge in [-0.1, -0.05) is 35.3 Å². The van der Waals surface area contributed by atoms with Crippen molar-refractivity contribution in [1.29, 1.82) is 0 Å². The molecule has 0 unspecified atom stereocenters. The molecule has 0 bridgehead atoms. The van der Waals surface area contributed by atoms with Crippen molar-refractivity contribution in [1.82, 2.24) is 10.3 Å². The molecule has 0 fully saturated rings. The van der Waals surface area contributed by atoms with Gasteiger partial charge >= 0.3 is 5.97 Å². The van der Waals surface area contributed by atoms with Crippen molar-refractivity contribution < 1.29 is 19.1 Å². The molecule has 0 radical (unpaired) electrons. The first-order chi connectivity index (χ1) is 14.0. The number of nitrogens with zero attached hydrogens (tertiary/aromatic N) is 1. The standard InChI is InChI=1S/C20H16Cl2N2O4S/c1-27-15-4-2-3-12(7-15)20-24-14(11-29-20)10-28-18(25)9-23-19(26)16-6-5-13(21)8-17(16)22/h2-8,11H,9-10H2,1H3,(H,23,26). The zero-order chi connectivity index (χ0) is 20.8. The fourth-order valence-corrected chi connectivity index (χ4v) is 3.68. The van der Waals surface area contributed by atoms with Gasteiger partial charge in [0.25, 0.3) is 5.91 Å². The summed E-state index contributed by atoms with van der Waals surface area (Å²) in [6, 6.07) is 12.0. The number of hydrogen-bond acceptors (Lipinski definition) is 6. The van der Waals surface area contributed by atoms with Gasteiger partial charge in [0.1, 0.15) is 23.9 Å². The highest BCUT2D eigenvalue weighted by Crippen LogP contribution is 2.27. The van der Waals surface area contributed by atoms with Crippen molar-refractivity contribution in [3.05, 3.63) is 69.1 Å². The van der Waals surface area contributed by atoms with Gasteiger partial charge in [-0.25, -0.2) is 4.98 Å². The van der Waals surface area contributed by atoms with Crippen LogP contribution < -0.4 is 10.1 Å². The number of nitrogens with one attached hydrogen (secondary N) is 1. The second-order valence-electron chi connectivity index (χ2n) is 5.84. The van der Waals surface area contributed by atoms with E-state index in [0.717, 1.165) is 16.3 Å². The van der Waals surface area contributed by atoms with Crippen molar-refractivity contribution in [2.24, 2.45) is 0 Å². The molecular weight excluding hydrogens is 435 g/mol. The molecule has 1 heterocycles. The first-order valence-corrected chi connectivity index (χ1v) is 10.1. The second-order valence-corrected chi connectivity index (χ2v) is 7.55. The SMILES string of the molecule is COc1cccc(-c2nc(COC(=O)CNC(=O)c3ccc(Cl)cc3Cl)cs2)c1. The van der Waals surface area contributed by atoms with Gasteiger partial charge < -0.3 is 14.8 Å². The number of ether oxygens (including phenoxy) is 2. The number of benzene rings is 2. The minimum absolute atomic E-state index is 0.0108. The largest absolute Gasteiger partial charge is 0.497 e. The van der Waals surface area contributed by atoms with Gasteiger partial charge in [0.05, 0.1) is 23.4 Å². The summed E-state index contributed by atoms with van der Waals surface area (Å²) in [5.74, 6) is -0.334. The third kappa shape index (κ3) is 5.69. The molecule has 0 saturated heterocycles. The van der Waals surface area contributed by atoms with Crippen molar-refractivity contribution in [3.63, 3.8) is 0 Å². The summed E-state index contributed by atoms with van der Waals surface area (Å²) in [4.78, 5) is 28.5. The van der Waals surface area contributed by atoms with Crippen LogP contribution in [0.15, 0.2) is 47.8 Å². The number of methoxy groups -OCH3 is 1. The highest BCUT2D eigenvalue weighted by molar-refractivity contribution is 7.13. The van der Waals surface area contributed by atoms with Crippen LogP contribution in [0.1, 0.15) is 16.1 Å². The Morgan fingerprint density at radius 2 is 2.00 bits per heavy atom. The Kier molecular flexibility index (Phi) is 7.09. The number of carbonyl (C=O) groups excluding carboxylic acids is 2. The second kappa shape index (κ2) is 9.73. The van der Waals surface area contributed by atoms with E-state index >= 15 is 0 Å². The van der Waals surface area contributed by atoms with Crippen LogP contribution in [-0.4, -0.2) is 30.5 Å². The Morgan fingerprint density at radius 1 is 1.17 bits per heavy atom. The Hall–Kier alpha value is -2.61. The fourth-order valence-electron chi connectivity index (χ4n) is 2.39. The molecule has 1 amide bonds. The van der Waals surface area contributed by atoms with Gasteiger partial charge in [-0.05, 0) is 30.3 Å². The number of carbonyl (C=O) groups is 2. The molecule has 0 aliphatic carbocycles. The van der Waals surface area contributed by atoms with Crippen molar-refractivity contribution in [2.75, 3.05) is 13.7 Å². The third-order valence-electron chi connectivity index (χ3n) is 3.82. The number of hydrogen-bond donors (Lipinski definition) is 1. The zero-order valence-corrected chi connectivity index (χ0v) is 17.6. The van der Waals surface area contributed by atoms with E-state index in [0.29, 0.717) is 10.7 Å². The van der Waals surface area contributed by atoms with E-state index in [-0.39, 0.29) is 23.7 Å². The van der Waals surface area contributed by atoms with Crippen LogP contribution in [0.25, 0.3) is 10.6 Å². The summed E-state index contributed by atoms with van der Waals surface area (Å²) < 4.78 is 10.4. The lowest BCUT2D eigenvalue weighted by Gasteiger charge is -2.07. The summed E-state index contributed by atoms with van der Waals surface area (Å²) in [5.41, 5.74) is 1.76. The summed E-state index contributed by atoms with van der Waals surface area (Å²) in [6.45, 7) is -0.276. The zero-order valence-electron chi connectivity index (χ0n) is 15.3. The van der Waals surface area contributed by atoms with Crippen LogP contribution in [0.2, 0.25) is 10.0 Å². The van der Waals surface area contributed by atoms with Crippen molar-refractivity contribution >= 4 is 46.4 Å². The van der Waals surface area contributed by atoms with E-state index in [4.69, 9.17) is 32.7 Å². The monoisotopic (exact) mass is 450 g/mol. The van der Waals surface area contributed by atoms with E-state index in [9.17, 15) is 9.59 Å². The van der Waals surface area contributed by atoms with Crippen LogP contribution in [0.3, 0.4) is 0 Å². The van der Waals surface area contributed by atoms with Crippen LogP contribution in [0.5, 0.6) is 5.75 Å². The molecule has 150 valence electrons. The lowest BCUT2D eigenvalue weighted by Crippen LogP contribution is -2.30. The average molecular weight is 451 g/mol. The van der Waals surface area contributed by atoms with E-state index in [1.54, 1.807) is 13.2 Å². The summed E-state index contributed by atoms with van der Waals surface area (Å²) in [7, 11) is 1.60. The number of thiazole rings is 1. The highest BCUT2D eigenvalue weighted by atomic mass is 35.5. The minimum atomic E-state index is -0.584. The molecular formula is C20H16Cl2N2O4S. The Labute approximate surface area is 181 Å². The predicted octanol–water partition coefficient (Wildman–Crippen LogP) is 4.60. The van der Waals surface area contributed by atoms with Crippen molar-refractivity contribution in [2.45, 2.75) is 6.61 Å². The molecule has 0 spiro atoms. The Morgan fingerprint density at radius 3 is 2.76 bits per heavy atom. The van der Waals surface area contributed by atoms with E-state index in [2.05, 4.69) is 10.3 Å². The maximum absolute atomic E-state index is 12.1. The maximum Gasteiger partial charge on any atom is 0.325 e. The number of halogens is 2. The predicted molar refractivity (Wildman–Crippen MR) is 113 cm³/mol. The lowest BCUT2D eigenvalue weighted by molar-refractivity contribution is -0.143. The molecule has 9 heteroatoms. The number of amides is 1. The number of esters is 1. The van der Waals surface area contributed by atoms with E-state index in [1.165, 1.54) is 23.5 Å². The fraction of sp³-hybridized carbons (Fsp3) is 0.150.